The number of likely N-dealkylation sites (tertiary alicyclic amines) is 1. The number of imidazole rings is 1. The summed E-state index contributed by atoms with van der Waals surface area (Å²) in [7, 11) is 0. The van der Waals surface area contributed by atoms with E-state index in [1.165, 1.54) is 4.90 Å². The number of aliphatic hydroxyl groups is 1. The molecule has 2 aliphatic heterocycles. The Morgan fingerprint density at radius 3 is 2.72 bits per heavy atom. The van der Waals surface area contributed by atoms with Crippen molar-refractivity contribution in [1.29, 1.82) is 0 Å². The maximum absolute atomic E-state index is 13.3. The first-order chi connectivity index (χ1) is 17.6. The van der Waals surface area contributed by atoms with E-state index in [1.807, 2.05) is 35.9 Å². The van der Waals surface area contributed by atoms with E-state index in [1.54, 1.807) is 36.8 Å². The summed E-state index contributed by atoms with van der Waals surface area (Å²) in [6, 6.07) is 11.5. The molecular formula is C27H27N3O6. The predicted molar refractivity (Wildman–Crippen MR) is 131 cm³/mol. The van der Waals surface area contributed by atoms with E-state index in [-0.39, 0.29) is 11.3 Å². The minimum atomic E-state index is -0.763. The van der Waals surface area contributed by atoms with Gasteiger partial charge in [0.25, 0.3) is 11.7 Å². The highest BCUT2D eigenvalue weighted by atomic mass is 16.6. The number of hydrogen-bond acceptors (Lipinski definition) is 7. The smallest absolute Gasteiger partial charge is 0.295 e. The Labute approximate surface area is 208 Å². The van der Waals surface area contributed by atoms with Gasteiger partial charge in [-0.2, -0.15) is 0 Å². The van der Waals surface area contributed by atoms with Crippen LogP contribution in [0.4, 0.5) is 0 Å². The van der Waals surface area contributed by atoms with E-state index in [4.69, 9.17) is 14.2 Å². The third-order valence-electron chi connectivity index (χ3n) is 6.21. The van der Waals surface area contributed by atoms with Crippen LogP contribution in [0.15, 0.2) is 66.8 Å². The molecule has 1 N–H and O–H groups in total. The van der Waals surface area contributed by atoms with Crippen LogP contribution in [-0.4, -0.2) is 57.6 Å². The van der Waals surface area contributed by atoms with E-state index in [0.717, 1.165) is 0 Å². The van der Waals surface area contributed by atoms with Crippen molar-refractivity contribution in [2.45, 2.75) is 25.9 Å². The van der Waals surface area contributed by atoms with Crippen molar-refractivity contribution in [3.8, 4) is 17.2 Å². The van der Waals surface area contributed by atoms with E-state index in [0.29, 0.717) is 67.7 Å². The van der Waals surface area contributed by atoms with Crippen molar-refractivity contribution < 1.29 is 28.9 Å². The summed E-state index contributed by atoms with van der Waals surface area (Å²) < 4.78 is 18.8. The number of nitrogens with zero attached hydrogens (tertiary/aromatic N) is 3. The predicted octanol–water partition coefficient (Wildman–Crippen LogP) is 3.57. The number of carbonyl (C=O) groups is 2. The molecule has 36 heavy (non-hydrogen) atoms. The second-order valence-corrected chi connectivity index (χ2v) is 8.51. The Morgan fingerprint density at radius 2 is 1.94 bits per heavy atom. The minimum absolute atomic E-state index is 0.0351. The van der Waals surface area contributed by atoms with Gasteiger partial charge in [0.15, 0.2) is 11.5 Å². The normalized spacial score (nSPS) is 18.5. The summed E-state index contributed by atoms with van der Waals surface area (Å²) in [5.74, 6) is 0.0458. The summed E-state index contributed by atoms with van der Waals surface area (Å²) >= 11 is 0. The maximum Gasteiger partial charge on any atom is 0.295 e. The maximum atomic E-state index is 13.3. The van der Waals surface area contributed by atoms with Gasteiger partial charge in [-0.15, -0.1) is 0 Å². The standard InChI is InChI=1S/C27H27N3O6/c1-2-34-20-6-3-5-18(15-20)24-23(25(31)19-7-8-21-22(16-19)36-14-13-35-21)26(32)27(33)30(24)11-4-10-29-12-9-28-17-29/h3,5-9,12,15-17,24,31H,2,4,10-11,13-14H2,1H3/t24-/m1/s1. The van der Waals surface area contributed by atoms with Crippen LogP contribution in [0.3, 0.4) is 0 Å². The number of hydrogen-bond donors (Lipinski definition) is 1. The Morgan fingerprint density at radius 1 is 1.11 bits per heavy atom. The first kappa shape index (κ1) is 23.5. The van der Waals surface area contributed by atoms with Crippen LogP contribution in [0, 0.1) is 0 Å². The molecule has 3 heterocycles. The molecular weight excluding hydrogens is 462 g/mol. The van der Waals surface area contributed by atoms with Crippen molar-refractivity contribution >= 4 is 17.4 Å². The number of aliphatic hydroxyl groups excluding tert-OH is 1. The third-order valence-corrected chi connectivity index (χ3v) is 6.21. The molecule has 0 saturated carbocycles. The number of aromatic nitrogens is 2. The Bertz CT molecular complexity index is 1300. The van der Waals surface area contributed by atoms with Gasteiger partial charge in [0.05, 0.1) is 24.5 Å². The summed E-state index contributed by atoms with van der Waals surface area (Å²) in [5.41, 5.74) is 1.09. The van der Waals surface area contributed by atoms with E-state index < -0.39 is 17.7 Å². The third kappa shape index (κ3) is 4.51. The minimum Gasteiger partial charge on any atom is -0.507 e. The van der Waals surface area contributed by atoms with Crippen LogP contribution < -0.4 is 14.2 Å². The highest BCUT2D eigenvalue weighted by Crippen LogP contribution is 2.41. The molecule has 1 fully saturated rings. The van der Waals surface area contributed by atoms with Gasteiger partial charge in [0, 0.05) is 31.0 Å². The quantitative estimate of drug-likeness (QED) is 0.293. The molecule has 3 aromatic rings. The van der Waals surface area contributed by atoms with Gasteiger partial charge in [-0.25, -0.2) is 4.98 Å². The SMILES string of the molecule is CCOc1cccc([C@@H]2C(=C(O)c3ccc4c(c3)OCCO4)C(=O)C(=O)N2CCCn2ccnc2)c1. The number of rotatable bonds is 8. The lowest BCUT2D eigenvalue weighted by Crippen LogP contribution is -2.31. The number of ketones is 1. The van der Waals surface area contributed by atoms with Crippen LogP contribution >= 0.6 is 0 Å². The van der Waals surface area contributed by atoms with Crippen molar-refractivity contribution in [2.75, 3.05) is 26.4 Å². The average Bonchev–Trinajstić information content (AvgIpc) is 3.51. The molecule has 0 bridgehead atoms. The summed E-state index contributed by atoms with van der Waals surface area (Å²) in [6.07, 6.45) is 5.85. The number of benzene rings is 2. The monoisotopic (exact) mass is 489 g/mol. The lowest BCUT2D eigenvalue weighted by Gasteiger charge is -2.26. The first-order valence-corrected chi connectivity index (χ1v) is 11.9. The fraction of sp³-hybridized carbons (Fsp3) is 0.296. The summed E-state index contributed by atoms with van der Waals surface area (Å²) in [6.45, 7) is 4.16. The van der Waals surface area contributed by atoms with Crippen LogP contribution in [0.5, 0.6) is 17.2 Å². The molecule has 0 spiro atoms. The lowest BCUT2D eigenvalue weighted by atomic mass is 9.95. The van der Waals surface area contributed by atoms with E-state index in [9.17, 15) is 14.7 Å². The van der Waals surface area contributed by atoms with Crippen molar-refractivity contribution in [2.24, 2.45) is 0 Å². The molecule has 1 amide bonds. The summed E-state index contributed by atoms with van der Waals surface area (Å²) in [5, 5.41) is 11.3. The van der Waals surface area contributed by atoms with Crippen LogP contribution in [0.2, 0.25) is 0 Å². The summed E-state index contributed by atoms with van der Waals surface area (Å²) in [4.78, 5) is 32.1. The van der Waals surface area contributed by atoms with Gasteiger partial charge in [0.2, 0.25) is 0 Å². The van der Waals surface area contributed by atoms with Crippen molar-refractivity contribution in [3.63, 3.8) is 0 Å². The van der Waals surface area contributed by atoms with Gasteiger partial charge in [0.1, 0.15) is 24.7 Å². The molecule has 0 radical (unpaired) electrons. The molecule has 2 aromatic carbocycles. The number of aryl methyl sites for hydroxylation is 1. The largest absolute Gasteiger partial charge is 0.507 e. The molecule has 9 nitrogen and oxygen atoms in total. The molecule has 0 aliphatic carbocycles. The van der Waals surface area contributed by atoms with Gasteiger partial charge in [-0.05, 0) is 49.2 Å². The lowest BCUT2D eigenvalue weighted by molar-refractivity contribution is -0.139. The molecule has 5 rings (SSSR count). The van der Waals surface area contributed by atoms with Gasteiger partial charge in [-0.3, -0.25) is 9.59 Å². The Hall–Kier alpha value is -4.27. The average molecular weight is 490 g/mol. The molecule has 1 saturated heterocycles. The zero-order valence-corrected chi connectivity index (χ0v) is 19.9. The number of carbonyl (C=O) groups excluding carboxylic acids is 2. The van der Waals surface area contributed by atoms with Gasteiger partial charge in [-0.1, -0.05) is 12.1 Å². The zero-order valence-electron chi connectivity index (χ0n) is 19.9. The molecule has 1 atom stereocenters. The highest BCUT2D eigenvalue weighted by molar-refractivity contribution is 6.46. The number of fused-ring (bicyclic) bond motifs is 1. The van der Waals surface area contributed by atoms with Crippen LogP contribution in [0.1, 0.15) is 30.5 Å². The molecule has 9 heteroatoms. The first-order valence-electron chi connectivity index (χ1n) is 11.9. The Kier molecular flexibility index (Phi) is 6.62. The zero-order chi connectivity index (χ0) is 25.1. The van der Waals surface area contributed by atoms with E-state index in [2.05, 4.69) is 4.98 Å². The van der Waals surface area contributed by atoms with Crippen molar-refractivity contribution in [1.82, 2.24) is 14.5 Å². The Balaban J connectivity index is 1.54. The number of amides is 1. The molecule has 0 unspecified atom stereocenters. The molecule has 2 aliphatic rings. The molecule has 186 valence electrons. The number of ether oxygens (including phenoxy) is 3. The highest BCUT2D eigenvalue weighted by Gasteiger charge is 2.46. The fourth-order valence-electron chi connectivity index (χ4n) is 4.59. The second-order valence-electron chi connectivity index (χ2n) is 8.51. The van der Waals surface area contributed by atoms with Gasteiger partial charge < -0.3 is 28.8 Å². The fourth-order valence-corrected chi connectivity index (χ4v) is 4.59. The van der Waals surface area contributed by atoms with Crippen LogP contribution in [-0.2, 0) is 16.1 Å². The topological polar surface area (TPSA) is 103 Å². The number of Topliss-reactive ketones (excluding diaryl/α,β-unsaturated/α-hetero) is 1. The molecule has 1 aromatic heterocycles. The van der Waals surface area contributed by atoms with Crippen molar-refractivity contribution in [3.05, 3.63) is 77.9 Å². The van der Waals surface area contributed by atoms with Gasteiger partial charge >= 0.3 is 0 Å². The van der Waals surface area contributed by atoms with Crippen LogP contribution in [0.25, 0.3) is 5.76 Å². The second kappa shape index (κ2) is 10.2. The van der Waals surface area contributed by atoms with E-state index >= 15 is 0 Å².